The summed E-state index contributed by atoms with van der Waals surface area (Å²) in [7, 11) is 1.72. The van der Waals surface area contributed by atoms with Crippen LogP contribution < -0.4 is 11.4 Å². The molecule has 4 aliphatic rings. The minimum atomic E-state index is -0.859. The summed E-state index contributed by atoms with van der Waals surface area (Å²) < 4.78 is 50.3. The molecular formula is C48H45ClF2N10O5. The number of fused-ring (bicyclic) bond motifs is 3. The SMILES string of the molecule is C[C@H]1c2c(nn(-c3ccc(F)c(C4CC4)c3)c2-n2ccn(-c3ccc4c(cnn4C)c3F)c2=O)CCN1C(=O)c1c(Cl)c2cc([C@@H]3CCOC(C)(C)C3)ccn2c1C1(c2noc(=O)[nH]2)CC1. The van der Waals surface area contributed by atoms with Crippen LogP contribution in [0.15, 0.2) is 81.4 Å². The predicted molar refractivity (Wildman–Crippen MR) is 239 cm³/mol. The number of pyridine rings is 1. The van der Waals surface area contributed by atoms with Crippen LogP contribution >= 0.6 is 11.6 Å². The topological polar surface area (TPSA) is 155 Å². The molecule has 2 atom stereocenters. The van der Waals surface area contributed by atoms with E-state index in [1.165, 1.54) is 27.6 Å². The van der Waals surface area contributed by atoms with Gasteiger partial charge in [0, 0.05) is 50.8 Å². The summed E-state index contributed by atoms with van der Waals surface area (Å²) in [6, 6.07) is 11.5. The van der Waals surface area contributed by atoms with E-state index in [4.69, 9.17) is 26.0 Å². The minimum absolute atomic E-state index is 0.0379. The van der Waals surface area contributed by atoms with Gasteiger partial charge in [0.2, 0.25) is 0 Å². The number of ether oxygens (including phenoxy) is 1. The van der Waals surface area contributed by atoms with E-state index in [0.717, 1.165) is 31.2 Å². The molecular weight excluding hydrogens is 870 g/mol. The number of nitrogens with one attached hydrogen (secondary N) is 1. The summed E-state index contributed by atoms with van der Waals surface area (Å²) in [5.74, 6) is -1.01. The van der Waals surface area contributed by atoms with Crippen LogP contribution in [0.2, 0.25) is 5.02 Å². The number of amides is 1. The fourth-order valence-electron chi connectivity index (χ4n) is 10.8. The Bertz CT molecular complexity index is 3450. The summed E-state index contributed by atoms with van der Waals surface area (Å²) in [6.07, 6.45) is 11.3. The molecule has 6 aromatic heterocycles. The molecule has 18 heteroatoms. The van der Waals surface area contributed by atoms with Crippen LogP contribution in [0.25, 0.3) is 33.6 Å². The van der Waals surface area contributed by atoms with Crippen molar-refractivity contribution in [2.75, 3.05) is 13.2 Å². The van der Waals surface area contributed by atoms with E-state index in [-0.39, 0.29) is 57.4 Å². The predicted octanol–water partition coefficient (Wildman–Crippen LogP) is 7.95. The molecule has 1 N–H and O–H groups in total. The largest absolute Gasteiger partial charge is 0.438 e. The van der Waals surface area contributed by atoms with Crippen molar-refractivity contribution in [3.63, 3.8) is 0 Å². The van der Waals surface area contributed by atoms with Crippen molar-refractivity contribution < 1.29 is 22.8 Å². The van der Waals surface area contributed by atoms with Gasteiger partial charge >= 0.3 is 11.4 Å². The van der Waals surface area contributed by atoms with E-state index in [1.54, 1.807) is 51.8 Å². The molecule has 2 aliphatic carbocycles. The summed E-state index contributed by atoms with van der Waals surface area (Å²) in [5, 5.41) is 13.9. The number of nitrogens with zero attached hydrogens (tertiary/aromatic N) is 9. The Kier molecular flexibility index (Phi) is 8.95. The van der Waals surface area contributed by atoms with Crippen LogP contribution in [0.3, 0.4) is 0 Å². The number of halogens is 3. The highest BCUT2D eigenvalue weighted by atomic mass is 35.5. The summed E-state index contributed by atoms with van der Waals surface area (Å²) in [5.41, 5.74) is 3.86. The molecule has 338 valence electrons. The molecule has 2 aromatic carbocycles. The number of hydrogen-bond donors (Lipinski definition) is 1. The maximum absolute atomic E-state index is 16.2. The zero-order valence-corrected chi connectivity index (χ0v) is 37.4. The number of hydrogen-bond acceptors (Lipinski definition) is 8. The van der Waals surface area contributed by atoms with E-state index in [1.807, 2.05) is 17.5 Å². The molecule has 8 aromatic rings. The maximum Gasteiger partial charge on any atom is 0.438 e. The lowest BCUT2D eigenvalue weighted by Crippen LogP contribution is -2.40. The number of aromatic amines is 1. The van der Waals surface area contributed by atoms with Gasteiger partial charge in [-0.3, -0.25) is 28.1 Å². The van der Waals surface area contributed by atoms with Gasteiger partial charge in [-0.15, -0.1) is 0 Å². The highest BCUT2D eigenvalue weighted by Gasteiger charge is 2.55. The van der Waals surface area contributed by atoms with Gasteiger partial charge in [0.25, 0.3) is 5.91 Å². The Labute approximate surface area is 380 Å². The number of aryl methyl sites for hydroxylation is 1. The van der Waals surface area contributed by atoms with E-state index < -0.39 is 28.7 Å². The first-order chi connectivity index (χ1) is 31.7. The second kappa shape index (κ2) is 14.5. The number of benzene rings is 2. The van der Waals surface area contributed by atoms with Gasteiger partial charge in [-0.2, -0.15) is 10.2 Å². The molecule has 66 heavy (non-hydrogen) atoms. The van der Waals surface area contributed by atoms with Crippen LogP contribution in [0.1, 0.15) is 121 Å². The Hall–Kier alpha value is -6.59. The first-order valence-electron chi connectivity index (χ1n) is 22.4. The Morgan fingerprint density at radius 2 is 1.77 bits per heavy atom. The lowest BCUT2D eigenvalue weighted by atomic mass is 9.84. The van der Waals surface area contributed by atoms with Gasteiger partial charge in [0.15, 0.2) is 11.6 Å². The highest BCUT2D eigenvalue weighted by Crippen LogP contribution is 2.56. The smallest absolute Gasteiger partial charge is 0.376 e. The third-order valence-corrected chi connectivity index (χ3v) is 14.8. The molecule has 0 radical (unpaired) electrons. The number of H-pyrrole nitrogens is 1. The lowest BCUT2D eigenvalue weighted by Gasteiger charge is -2.35. The van der Waals surface area contributed by atoms with Crippen molar-refractivity contribution in [2.45, 2.75) is 94.6 Å². The number of carbonyl (C=O) groups excluding carboxylic acids is 1. The molecule has 3 fully saturated rings. The van der Waals surface area contributed by atoms with Crippen LogP contribution in [0, 0.1) is 11.6 Å². The fourth-order valence-corrected chi connectivity index (χ4v) is 11.1. The summed E-state index contributed by atoms with van der Waals surface area (Å²) in [4.78, 5) is 47.2. The first-order valence-corrected chi connectivity index (χ1v) is 22.8. The van der Waals surface area contributed by atoms with Crippen LogP contribution in [-0.4, -0.2) is 72.8 Å². The number of aromatic nitrogens is 9. The monoisotopic (exact) mass is 914 g/mol. The molecule has 2 saturated carbocycles. The summed E-state index contributed by atoms with van der Waals surface area (Å²) >= 11 is 7.48. The number of imidazole rings is 1. The van der Waals surface area contributed by atoms with E-state index in [0.29, 0.717) is 76.7 Å². The average Bonchev–Trinajstić information content (AvgIpc) is 4.08. The average molecular weight is 915 g/mol. The van der Waals surface area contributed by atoms with Crippen molar-refractivity contribution in [2.24, 2.45) is 7.05 Å². The normalized spacial score (nSPS) is 20.1. The Morgan fingerprint density at radius 3 is 2.52 bits per heavy atom. The maximum atomic E-state index is 16.2. The van der Waals surface area contributed by atoms with Gasteiger partial charge in [-0.05, 0) is 125 Å². The van der Waals surface area contributed by atoms with Crippen molar-refractivity contribution >= 4 is 33.9 Å². The van der Waals surface area contributed by atoms with Crippen LogP contribution in [-0.2, 0) is 23.6 Å². The molecule has 1 saturated heterocycles. The van der Waals surface area contributed by atoms with Crippen molar-refractivity contribution in [1.29, 1.82) is 0 Å². The molecule has 2 aliphatic heterocycles. The van der Waals surface area contributed by atoms with E-state index in [2.05, 4.69) is 41.2 Å². The minimum Gasteiger partial charge on any atom is -0.376 e. The second-order valence-corrected chi connectivity index (χ2v) is 19.4. The van der Waals surface area contributed by atoms with Gasteiger partial charge in [-0.1, -0.05) is 16.8 Å². The molecule has 0 bridgehead atoms. The number of rotatable bonds is 8. The number of carbonyl (C=O) groups is 1. The second-order valence-electron chi connectivity index (χ2n) is 19.0. The van der Waals surface area contributed by atoms with Crippen molar-refractivity contribution in [3.05, 3.63) is 144 Å². The third kappa shape index (κ3) is 6.15. The van der Waals surface area contributed by atoms with Crippen LogP contribution in [0.4, 0.5) is 8.78 Å². The molecule has 0 unspecified atom stereocenters. The molecule has 1 amide bonds. The van der Waals surface area contributed by atoms with Crippen LogP contribution in [0.5, 0.6) is 0 Å². The summed E-state index contributed by atoms with van der Waals surface area (Å²) in [6.45, 7) is 6.95. The van der Waals surface area contributed by atoms with Crippen molar-refractivity contribution in [1.82, 2.24) is 48.1 Å². The molecule has 15 nitrogen and oxygen atoms in total. The van der Waals surface area contributed by atoms with Gasteiger partial charge in [0.05, 0.1) is 73.0 Å². The van der Waals surface area contributed by atoms with Gasteiger partial charge in [0.1, 0.15) is 11.6 Å². The van der Waals surface area contributed by atoms with Crippen molar-refractivity contribution in [3.8, 4) is 17.2 Å². The molecule has 12 rings (SSSR count). The van der Waals surface area contributed by atoms with Gasteiger partial charge < -0.3 is 14.0 Å². The third-order valence-electron chi connectivity index (χ3n) is 14.4. The van der Waals surface area contributed by atoms with E-state index >= 15 is 13.6 Å². The standard InChI is InChI=1S/C48H45ClF2N10O5/c1-25-37-33(54-61(29-7-8-32(50)30(22-29)26-5-6-26)42(37)60-19-18-59(46(60)64)35-10-9-34-31(40(35)51)24-52-56(34)4)12-17-57(25)43(62)38-39(49)36-21-27(28-13-20-65-47(2,3)23-28)11-16-58(36)41(38)48(14-15-48)44-53-45(63)66-55-44/h7-11,16,18-19,21-22,24-26,28H,5-6,12-15,17,20,23H2,1-4H3,(H,53,55,63)/t25-,28+/m0/s1. The Balaban J connectivity index is 1.01. The fraction of sp³-hybridized carbons (Fsp3) is 0.375. The zero-order chi connectivity index (χ0) is 45.6. The van der Waals surface area contributed by atoms with Gasteiger partial charge in [-0.25, -0.2) is 23.1 Å². The quantitative estimate of drug-likeness (QED) is 0.161. The van der Waals surface area contributed by atoms with E-state index in [9.17, 15) is 9.59 Å². The molecule has 0 spiro atoms. The first kappa shape index (κ1) is 40.9. The highest BCUT2D eigenvalue weighted by molar-refractivity contribution is 6.37. The molecule has 8 heterocycles. The lowest BCUT2D eigenvalue weighted by molar-refractivity contribution is -0.0593. The Morgan fingerprint density at radius 1 is 0.970 bits per heavy atom. The zero-order valence-electron chi connectivity index (χ0n) is 36.6.